The summed E-state index contributed by atoms with van der Waals surface area (Å²) in [7, 11) is 0. The minimum absolute atomic E-state index is 0.0537. The van der Waals surface area contributed by atoms with E-state index in [1.807, 2.05) is 0 Å². The Labute approximate surface area is 137 Å². The average Bonchev–Trinajstić information content (AvgIpc) is 3.16. The van der Waals surface area contributed by atoms with Crippen LogP contribution in [0.4, 0.5) is 5.82 Å². The number of carbonyl (C=O) groups is 1. The van der Waals surface area contributed by atoms with E-state index in [0.29, 0.717) is 11.8 Å². The first kappa shape index (κ1) is 15.0. The minimum atomic E-state index is -0.0537. The number of rotatable bonds is 3. The number of nitrogens with one attached hydrogen (secondary N) is 2. The van der Waals surface area contributed by atoms with E-state index in [4.69, 9.17) is 0 Å². The van der Waals surface area contributed by atoms with E-state index in [-0.39, 0.29) is 5.41 Å². The SMILES string of the molecule is CC1(C(=O)N2CCCC(c3cc(N4CCNCC4)n[nH]3)C2)CC1. The lowest BCUT2D eigenvalue weighted by Crippen LogP contribution is -2.43. The lowest BCUT2D eigenvalue weighted by molar-refractivity contribution is -0.137. The van der Waals surface area contributed by atoms with Gasteiger partial charge in [0.1, 0.15) is 0 Å². The number of piperidine rings is 1. The molecule has 4 rings (SSSR count). The van der Waals surface area contributed by atoms with E-state index in [0.717, 1.165) is 70.8 Å². The standard InChI is InChI=1S/C17H27N5O/c1-17(4-5-17)16(23)22-8-2-3-13(12-22)14-11-15(20-19-14)21-9-6-18-7-10-21/h11,13,18H,2-10,12H2,1H3,(H,19,20). The molecule has 2 N–H and O–H groups in total. The molecule has 3 heterocycles. The monoisotopic (exact) mass is 317 g/mol. The summed E-state index contributed by atoms with van der Waals surface area (Å²) in [6, 6.07) is 2.20. The zero-order chi connectivity index (χ0) is 15.9. The highest BCUT2D eigenvalue weighted by Crippen LogP contribution is 2.47. The number of carbonyl (C=O) groups excluding carboxylic acids is 1. The normalized spacial score (nSPS) is 27.1. The molecular weight excluding hydrogens is 290 g/mol. The number of nitrogens with zero attached hydrogens (tertiary/aromatic N) is 3. The molecule has 1 amide bonds. The van der Waals surface area contributed by atoms with Gasteiger partial charge in [-0.3, -0.25) is 9.89 Å². The highest BCUT2D eigenvalue weighted by Gasteiger charge is 2.47. The van der Waals surface area contributed by atoms with E-state index in [2.05, 4.69) is 38.3 Å². The Bertz CT molecular complexity index is 573. The van der Waals surface area contributed by atoms with E-state index in [1.165, 1.54) is 5.69 Å². The Balaban J connectivity index is 1.43. The van der Waals surface area contributed by atoms with Crippen LogP contribution in [0.5, 0.6) is 0 Å². The number of piperazine rings is 1. The Kier molecular flexibility index (Phi) is 3.79. The van der Waals surface area contributed by atoms with Gasteiger partial charge in [-0.15, -0.1) is 0 Å². The van der Waals surface area contributed by atoms with Crippen molar-refractivity contribution in [3.8, 4) is 0 Å². The van der Waals surface area contributed by atoms with Crippen molar-refractivity contribution in [2.24, 2.45) is 5.41 Å². The van der Waals surface area contributed by atoms with Crippen LogP contribution in [0.15, 0.2) is 6.07 Å². The number of aromatic amines is 1. The predicted molar refractivity (Wildman–Crippen MR) is 89.6 cm³/mol. The smallest absolute Gasteiger partial charge is 0.228 e. The van der Waals surface area contributed by atoms with Crippen molar-refractivity contribution in [3.63, 3.8) is 0 Å². The lowest BCUT2D eigenvalue weighted by Gasteiger charge is -2.34. The summed E-state index contributed by atoms with van der Waals surface area (Å²) in [5.74, 6) is 1.82. The highest BCUT2D eigenvalue weighted by atomic mass is 16.2. The molecule has 23 heavy (non-hydrogen) atoms. The molecule has 1 saturated carbocycles. The van der Waals surface area contributed by atoms with Gasteiger partial charge >= 0.3 is 0 Å². The molecule has 3 aliphatic rings. The van der Waals surface area contributed by atoms with Crippen LogP contribution < -0.4 is 10.2 Å². The van der Waals surface area contributed by atoms with Gasteiger partial charge in [0, 0.05) is 62.4 Å². The molecule has 6 nitrogen and oxygen atoms in total. The maximum Gasteiger partial charge on any atom is 0.228 e. The molecule has 2 aliphatic heterocycles. The van der Waals surface area contributed by atoms with Gasteiger partial charge in [-0.1, -0.05) is 6.92 Å². The van der Waals surface area contributed by atoms with Gasteiger partial charge in [-0.2, -0.15) is 5.10 Å². The molecular formula is C17H27N5O. The van der Waals surface area contributed by atoms with Gasteiger partial charge in [0.15, 0.2) is 5.82 Å². The van der Waals surface area contributed by atoms with Crippen LogP contribution in [0, 0.1) is 5.41 Å². The third-order valence-electron chi connectivity index (χ3n) is 5.69. The van der Waals surface area contributed by atoms with Crippen molar-refractivity contribution in [3.05, 3.63) is 11.8 Å². The fraction of sp³-hybridized carbons (Fsp3) is 0.765. The number of hydrogen-bond donors (Lipinski definition) is 2. The molecule has 126 valence electrons. The Morgan fingerprint density at radius 2 is 2.09 bits per heavy atom. The van der Waals surface area contributed by atoms with Gasteiger partial charge in [0.25, 0.3) is 0 Å². The van der Waals surface area contributed by atoms with Crippen molar-refractivity contribution in [1.82, 2.24) is 20.4 Å². The number of likely N-dealkylation sites (tertiary alicyclic amines) is 1. The maximum absolute atomic E-state index is 12.6. The number of anilines is 1. The zero-order valence-corrected chi connectivity index (χ0v) is 14.0. The predicted octanol–water partition coefficient (Wildman–Crippen LogP) is 1.33. The fourth-order valence-corrected chi connectivity index (χ4v) is 3.79. The zero-order valence-electron chi connectivity index (χ0n) is 14.0. The molecule has 0 radical (unpaired) electrons. The third-order valence-corrected chi connectivity index (χ3v) is 5.69. The van der Waals surface area contributed by atoms with Crippen LogP contribution >= 0.6 is 0 Å². The van der Waals surface area contributed by atoms with E-state index >= 15 is 0 Å². The first-order valence-electron chi connectivity index (χ1n) is 8.96. The van der Waals surface area contributed by atoms with Gasteiger partial charge in [-0.05, 0) is 25.7 Å². The Hall–Kier alpha value is -1.56. The van der Waals surface area contributed by atoms with Gasteiger partial charge in [0.05, 0.1) is 0 Å². The molecule has 2 saturated heterocycles. The molecule has 1 aromatic heterocycles. The number of amides is 1. The first-order valence-corrected chi connectivity index (χ1v) is 8.96. The summed E-state index contributed by atoms with van der Waals surface area (Å²) >= 11 is 0. The van der Waals surface area contributed by atoms with E-state index in [9.17, 15) is 4.79 Å². The van der Waals surface area contributed by atoms with Crippen molar-refractivity contribution in [2.75, 3.05) is 44.2 Å². The van der Waals surface area contributed by atoms with Crippen molar-refractivity contribution in [1.29, 1.82) is 0 Å². The molecule has 1 atom stereocenters. The third kappa shape index (κ3) is 2.96. The van der Waals surface area contributed by atoms with Crippen LogP contribution in [0.1, 0.15) is 44.2 Å². The highest BCUT2D eigenvalue weighted by molar-refractivity contribution is 5.85. The molecule has 0 aromatic carbocycles. The van der Waals surface area contributed by atoms with Crippen LogP contribution in [0.3, 0.4) is 0 Å². The van der Waals surface area contributed by atoms with Crippen molar-refractivity contribution in [2.45, 2.75) is 38.5 Å². The van der Waals surface area contributed by atoms with Gasteiger partial charge in [-0.25, -0.2) is 0 Å². The quantitative estimate of drug-likeness (QED) is 0.883. The van der Waals surface area contributed by atoms with Crippen LogP contribution in [0.2, 0.25) is 0 Å². The number of H-pyrrole nitrogens is 1. The minimum Gasteiger partial charge on any atom is -0.353 e. The molecule has 6 heteroatoms. The van der Waals surface area contributed by atoms with Crippen molar-refractivity contribution < 1.29 is 4.79 Å². The van der Waals surface area contributed by atoms with Crippen LogP contribution in [-0.4, -0.2) is 60.3 Å². The maximum atomic E-state index is 12.6. The lowest BCUT2D eigenvalue weighted by atomic mass is 9.93. The second-order valence-corrected chi connectivity index (χ2v) is 7.57. The van der Waals surface area contributed by atoms with E-state index < -0.39 is 0 Å². The topological polar surface area (TPSA) is 64.3 Å². The Morgan fingerprint density at radius 1 is 1.30 bits per heavy atom. The van der Waals surface area contributed by atoms with Gasteiger partial charge < -0.3 is 15.1 Å². The molecule has 1 aliphatic carbocycles. The van der Waals surface area contributed by atoms with E-state index in [1.54, 1.807) is 0 Å². The summed E-state index contributed by atoms with van der Waals surface area (Å²) in [6.07, 6.45) is 4.35. The molecule has 0 spiro atoms. The second-order valence-electron chi connectivity index (χ2n) is 7.57. The molecule has 1 aromatic rings. The molecule has 3 fully saturated rings. The van der Waals surface area contributed by atoms with Crippen LogP contribution in [-0.2, 0) is 4.79 Å². The Morgan fingerprint density at radius 3 is 2.83 bits per heavy atom. The number of hydrogen-bond acceptors (Lipinski definition) is 4. The summed E-state index contributed by atoms with van der Waals surface area (Å²) in [4.78, 5) is 17.0. The number of aromatic nitrogens is 2. The second kappa shape index (κ2) is 5.82. The van der Waals surface area contributed by atoms with Crippen molar-refractivity contribution >= 4 is 11.7 Å². The molecule has 0 bridgehead atoms. The first-order chi connectivity index (χ1) is 11.2. The van der Waals surface area contributed by atoms with Gasteiger partial charge in [0.2, 0.25) is 5.91 Å². The largest absolute Gasteiger partial charge is 0.353 e. The molecule has 1 unspecified atom stereocenters. The summed E-state index contributed by atoms with van der Waals surface area (Å²) < 4.78 is 0. The average molecular weight is 317 g/mol. The fourth-order valence-electron chi connectivity index (χ4n) is 3.79. The summed E-state index contributed by atoms with van der Waals surface area (Å²) in [5.41, 5.74) is 1.14. The summed E-state index contributed by atoms with van der Waals surface area (Å²) in [6.45, 7) is 7.94. The summed E-state index contributed by atoms with van der Waals surface area (Å²) in [5, 5.41) is 11.1. The van der Waals surface area contributed by atoms with Crippen LogP contribution in [0.25, 0.3) is 0 Å².